The van der Waals surface area contributed by atoms with Crippen molar-refractivity contribution < 1.29 is 12.8 Å². The summed E-state index contributed by atoms with van der Waals surface area (Å²) >= 11 is 5.85. The largest absolute Gasteiger partial charge is 0.436 e. The van der Waals surface area contributed by atoms with Crippen LogP contribution < -0.4 is 0 Å². The van der Waals surface area contributed by atoms with Gasteiger partial charge in [-0.05, 0) is 36.4 Å². The minimum atomic E-state index is -3.26. The molecule has 0 aliphatic heterocycles. The lowest BCUT2D eigenvalue weighted by Crippen LogP contribution is -2.02. The molecule has 2 aromatic carbocycles. The van der Waals surface area contributed by atoms with Gasteiger partial charge in [-0.2, -0.15) is 0 Å². The van der Waals surface area contributed by atoms with E-state index >= 15 is 0 Å². The van der Waals surface area contributed by atoms with Gasteiger partial charge in [0.2, 0.25) is 5.89 Å². The number of hydrogen-bond acceptors (Lipinski definition) is 4. The molecule has 0 atom stereocenters. The Kier molecular flexibility index (Phi) is 3.47. The molecule has 0 N–H and O–H groups in total. The number of hydrogen-bond donors (Lipinski definition) is 0. The molecular weight excluding hydrogens is 310 g/mol. The quantitative estimate of drug-likeness (QED) is 0.733. The molecule has 21 heavy (non-hydrogen) atoms. The van der Waals surface area contributed by atoms with Gasteiger partial charge in [-0.3, -0.25) is 0 Å². The molecule has 0 radical (unpaired) electrons. The summed E-state index contributed by atoms with van der Waals surface area (Å²) in [5.74, 6) is 0.490. The number of sulfone groups is 1. The van der Waals surface area contributed by atoms with Crippen molar-refractivity contribution in [3.05, 3.63) is 47.5 Å². The van der Waals surface area contributed by atoms with Crippen LogP contribution in [0, 0.1) is 0 Å². The van der Waals surface area contributed by atoms with E-state index in [0.717, 1.165) is 5.56 Å². The van der Waals surface area contributed by atoms with Crippen LogP contribution in [0.2, 0.25) is 5.02 Å². The highest BCUT2D eigenvalue weighted by Gasteiger charge is 2.15. The lowest BCUT2D eigenvalue weighted by atomic mass is 10.2. The maximum Gasteiger partial charge on any atom is 0.227 e. The summed E-state index contributed by atoms with van der Waals surface area (Å²) in [5, 5.41) is 0.631. The van der Waals surface area contributed by atoms with E-state index in [0.29, 0.717) is 22.0 Å². The molecule has 1 aromatic heterocycles. The first kappa shape index (κ1) is 14.1. The van der Waals surface area contributed by atoms with Gasteiger partial charge in [-0.25, -0.2) is 13.4 Å². The van der Waals surface area contributed by atoms with Crippen LogP contribution in [-0.4, -0.2) is 19.2 Å². The van der Waals surface area contributed by atoms with Crippen LogP contribution >= 0.6 is 11.6 Å². The first-order valence-electron chi connectivity index (χ1n) is 6.39. The monoisotopic (exact) mass is 321 g/mol. The summed E-state index contributed by atoms with van der Waals surface area (Å²) in [6.07, 6.45) is 0. The molecule has 0 bridgehead atoms. The SMILES string of the molecule is CCS(=O)(=O)c1ccc2nc(-c3ccc(Cl)cc3)oc2c1. The first-order chi connectivity index (χ1) is 9.99. The Morgan fingerprint density at radius 3 is 2.52 bits per heavy atom. The zero-order chi connectivity index (χ0) is 15.0. The second-order valence-corrected chi connectivity index (χ2v) is 7.27. The summed E-state index contributed by atoms with van der Waals surface area (Å²) in [5.41, 5.74) is 1.86. The van der Waals surface area contributed by atoms with E-state index in [-0.39, 0.29) is 10.6 Å². The summed E-state index contributed by atoms with van der Waals surface area (Å²) < 4.78 is 29.4. The molecule has 6 heteroatoms. The number of nitrogens with zero attached hydrogens (tertiary/aromatic N) is 1. The van der Waals surface area contributed by atoms with Gasteiger partial charge in [-0.15, -0.1) is 0 Å². The van der Waals surface area contributed by atoms with Gasteiger partial charge in [0, 0.05) is 16.7 Å². The molecule has 0 amide bonds. The van der Waals surface area contributed by atoms with Gasteiger partial charge in [0.15, 0.2) is 15.4 Å². The van der Waals surface area contributed by atoms with Crippen LogP contribution in [0.3, 0.4) is 0 Å². The topological polar surface area (TPSA) is 60.2 Å². The van der Waals surface area contributed by atoms with Crippen molar-refractivity contribution in [2.24, 2.45) is 0 Å². The molecule has 4 nitrogen and oxygen atoms in total. The predicted octanol–water partition coefficient (Wildman–Crippen LogP) is 3.94. The van der Waals surface area contributed by atoms with Crippen molar-refractivity contribution >= 4 is 32.5 Å². The summed E-state index contributed by atoms with van der Waals surface area (Å²) in [6.45, 7) is 1.61. The Bertz CT molecular complexity index is 898. The smallest absolute Gasteiger partial charge is 0.227 e. The van der Waals surface area contributed by atoms with Gasteiger partial charge in [0.1, 0.15) is 5.52 Å². The van der Waals surface area contributed by atoms with Crippen LogP contribution in [0.15, 0.2) is 51.8 Å². The van der Waals surface area contributed by atoms with Gasteiger partial charge < -0.3 is 4.42 Å². The average molecular weight is 322 g/mol. The van der Waals surface area contributed by atoms with Crippen molar-refractivity contribution in [2.45, 2.75) is 11.8 Å². The molecule has 0 spiro atoms. The third-order valence-corrected chi connectivity index (χ3v) is 5.17. The molecule has 3 aromatic rings. The van der Waals surface area contributed by atoms with Gasteiger partial charge in [0.25, 0.3) is 0 Å². The highest BCUT2D eigenvalue weighted by atomic mass is 35.5. The van der Waals surface area contributed by atoms with Crippen LogP contribution in [-0.2, 0) is 9.84 Å². The third kappa shape index (κ3) is 2.66. The number of oxazole rings is 1. The molecule has 1 heterocycles. The minimum Gasteiger partial charge on any atom is -0.436 e. The number of benzene rings is 2. The van der Waals surface area contributed by atoms with Crippen molar-refractivity contribution in [2.75, 3.05) is 5.75 Å². The van der Waals surface area contributed by atoms with Crippen molar-refractivity contribution in [1.82, 2.24) is 4.98 Å². The fraction of sp³-hybridized carbons (Fsp3) is 0.133. The van der Waals surface area contributed by atoms with Crippen LogP contribution in [0.5, 0.6) is 0 Å². The number of aromatic nitrogens is 1. The lowest BCUT2D eigenvalue weighted by molar-refractivity contribution is 0.595. The van der Waals surface area contributed by atoms with Gasteiger partial charge in [-0.1, -0.05) is 18.5 Å². The predicted molar refractivity (Wildman–Crippen MR) is 82.2 cm³/mol. The Morgan fingerprint density at radius 1 is 1.14 bits per heavy atom. The Balaban J connectivity index is 2.10. The normalized spacial score (nSPS) is 11.9. The summed E-state index contributed by atoms with van der Waals surface area (Å²) in [4.78, 5) is 4.60. The van der Waals surface area contributed by atoms with Gasteiger partial charge in [0.05, 0.1) is 10.6 Å². The van der Waals surface area contributed by atoms with E-state index in [2.05, 4.69) is 4.98 Å². The van der Waals surface area contributed by atoms with Crippen molar-refractivity contribution in [3.8, 4) is 11.5 Å². The highest BCUT2D eigenvalue weighted by Crippen LogP contribution is 2.27. The molecule has 0 unspecified atom stereocenters. The third-order valence-electron chi connectivity index (χ3n) is 3.19. The maximum atomic E-state index is 11.9. The summed E-state index contributed by atoms with van der Waals surface area (Å²) in [7, 11) is -3.26. The van der Waals surface area contributed by atoms with Crippen molar-refractivity contribution in [1.29, 1.82) is 0 Å². The first-order valence-corrected chi connectivity index (χ1v) is 8.42. The Hall–Kier alpha value is -1.85. The number of halogens is 1. The van der Waals surface area contributed by atoms with Gasteiger partial charge >= 0.3 is 0 Å². The average Bonchev–Trinajstić information content (AvgIpc) is 2.90. The van der Waals surface area contributed by atoms with E-state index in [1.165, 1.54) is 6.07 Å². The van der Waals surface area contributed by atoms with E-state index in [1.54, 1.807) is 43.3 Å². The summed E-state index contributed by atoms with van der Waals surface area (Å²) in [6, 6.07) is 11.8. The highest BCUT2D eigenvalue weighted by molar-refractivity contribution is 7.91. The Labute approximate surface area is 127 Å². The maximum absolute atomic E-state index is 11.9. The molecule has 108 valence electrons. The standard InChI is InChI=1S/C15H12ClNO3S/c1-2-21(18,19)12-7-8-13-14(9-12)20-15(17-13)10-3-5-11(16)6-4-10/h3-9H,2H2,1H3. The van der Waals surface area contributed by atoms with Crippen molar-refractivity contribution in [3.63, 3.8) is 0 Å². The fourth-order valence-corrected chi connectivity index (χ4v) is 3.00. The molecule has 0 aliphatic carbocycles. The van der Waals surface area contributed by atoms with E-state index in [4.69, 9.17) is 16.0 Å². The molecular formula is C15H12ClNO3S. The van der Waals surface area contributed by atoms with Crippen LogP contribution in [0.4, 0.5) is 0 Å². The minimum absolute atomic E-state index is 0.0523. The molecule has 0 aliphatic rings. The lowest BCUT2D eigenvalue weighted by Gasteiger charge is -1.99. The molecule has 0 saturated carbocycles. The fourth-order valence-electron chi connectivity index (χ4n) is 1.98. The van der Waals surface area contributed by atoms with Crippen LogP contribution in [0.25, 0.3) is 22.6 Å². The van der Waals surface area contributed by atoms with Crippen LogP contribution in [0.1, 0.15) is 6.92 Å². The second kappa shape index (κ2) is 5.16. The van der Waals surface area contributed by atoms with E-state index in [9.17, 15) is 8.42 Å². The zero-order valence-corrected chi connectivity index (χ0v) is 12.8. The Morgan fingerprint density at radius 2 is 1.86 bits per heavy atom. The number of fused-ring (bicyclic) bond motifs is 1. The molecule has 0 fully saturated rings. The van der Waals surface area contributed by atoms with E-state index in [1.807, 2.05) is 0 Å². The zero-order valence-electron chi connectivity index (χ0n) is 11.2. The number of rotatable bonds is 3. The molecule has 3 rings (SSSR count). The second-order valence-electron chi connectivity index (χ2n) is 4.56. The van der Waals surface area contributed by atoms with E-state index < -0.39 is 9.84 Å². The molecule has 0 saturated heterocycles.